The number of halogens is 5. The van der Waals surface area contributed by atoms with Gasteiger partial charge in [0.25, 0.3) is 12.3 Å². The van der Waals surface area contributed by atoms with Crippen LogP contribution >= 0.6 is 0 Å². The van der Waals surface area contributed by atoms with E-state index in [0.29, 0.717) is 0 Å². The molecule has 3 nitrogen and oxygen atoms in total. The zero-order valence-corrected chi connectivity index (χ0v) is 8.76. The minimum Gasteiger partial charge on any atom is -0.385 e. The van der Waals surface area contributed by atoms with Crippen molar-refractivity contribution < 1.29 is 31.9 Å². The highest BCUT2D eigenvalue weighted by Gasteiger charge is 2.22. The summed E-state index contributed by atoms with van der Waals surface area (Å²) in [5, 5.41) is 10.4. The fourth-order valence-corrected chi connectivity index (χ4v) is 1.13. The van der Waals surface area contributed by atoms with Crippen molar-refractivity contribution in [1.29, 1.82) is 0 Å². The lowest BCUT2D eigenvalue weighted by molar-refractivity contribution is -0.00274. The average molecular weight is 269 g/mol. The van der Waals surface area contributed by atoms with Gasteiger partial charge in [0.2, 0.25) is 0 Å². The fourth-order valence-electron chi connectivity index (χ4n) is 1.13. The van der Waals surface area contributed by atoms with Crippen LogP contribution in [0.2, 0.25) is 0 Å². The first kappa shape index (κ1) is 14.4. The molecule has 18 heavy (non-hydrogen) atoms. The molecule has 1 unspecified atom stereocenters. The summed E-state index contributed by atoms with van der Waals surface area (Å²) in [6.45, 7) is -0.882. The van der Waals surface area contributed by atoms with Crippen LogP contribution < -0.4 is 5.32 Å². The van der Waals surface area contributed by atoms with E-state index in [1.54, 1.807) is 5.32 Å². The number of aliphatic hydroxyl groups excluding tert-OH is 1. The first-order valence-electron chi connectivity index (χ1n) is 4.72. The monoisotopic (exact) mass is 269 g/mol. The number of carbonyl (C=O) groups excluding carboxylic acids is 1. The Morgan fingerprint density at radius 2 is 1.72 bits per heavy atom. The number of aliphatic hydroxyl groups is 1. The molecule has 0 heterocycles. The summed E-state index contributed by atoms with van der Waals surface area (Å²) >= 11 is 0. The van der Waals surface area contributed by atoms with Crippen molar-refractivity contribution in [2.75, 3.05) is 6.54 Å². The molecule has 1 aromatic rings. The number of hydrogen-bond donors (Lipinski definition) is 2. The normalized spacial score (nSPS) is 12.6. The van der Waals surface area contributed by atoms with Crippen molar-refractivity contribution in [2.45, 2.75) is 12.5 Å². The van der Waals surface area contributed by atoms with Crippen LogP contribution in [0.3, 0.4) is 0 Å². The number of nitrogens with one attached hydrogen (secondary N) is 1. The number of carbonyl (C=O) groups is 1. The molecule has 0 saturated carbocycles. The Morgan fingerprint density at radius 1 is 1.22 bits per heavy atom. The lowest BCUT2D eigenvalue weighted by Gasteiger charge is -2.11. The maximum Gasteiger partial charge on any atom is 0.265 e. The Balaban J connectivity index is 2.79. The maximum absolute atomic E-state index is 13.1. The molecule has 1 rings (SSSR count). The summed E-state index contributed by atoms with van der Waals surface area (Å²) in [5.41, 5.74) is -1.10. The third-order valence-electron chi connectivity index (χ3n) is 2.00. The Bertz CT molecular complexity index is 429. The van der Waals surface area contributed by atoms with E-state index in [2.05, 4.69) is 0 Å². The lowest BCUT2D eigenvalue weighted by Crippen LogP contribution is -2.36. The van der Waals surface area contributed by atoms with Crippen LogP contribution in [0.4, 0.5) is 22.0 Å². The molecule has 1 amide bonds. The van der Waals surface area contributed by atoms with E-state index < -0.39 is 48.0 Å². The summed E-state index contributed by atoms with van der Waals surface area (Å²) in [6.07, 6.45) is -5.26. The summed E-state index contributed by atoms with van der Waals surface area (Å²) in [4.78, 5) is 11.3. The fraction of sp³-hybridized carbons (Fsp3) is 0.300. The van der Waals surface area contributed by atoms with E-state index in [0.717, 1.165) is 0 Å². The number of benzene rings is 1. The molecule has 1 aromatic carbocycles. The predicted octanol–water partition coefficient (Wildman–Crippen LogP) is 1.46. The molecule has 0 saturated heterocycles. The molecule has 0 fully saturated rings. The lowest BCUT2D eigenvalue weighted by atomic mass is 10.1. The van der Waals surface area contributed by atoms with Gasteiger partial charge in [-0.15, -0.1) is 0 Å². The Labute approximate surface area is 98.2 Å². The highest BCUT2D eigenvalue weighted by molar-refractivity contribution is 5.94. The summed E-state index contributed by atoms with van der Waals surface area (Å²) in [6, 6.07) is 0.559. The van der Waals surface area contributed by atoms with Crippen LogP contribution in [-0.4, -0.2) is 30.1 Å². The second-order valence-electron chi connectivity index (χ2n) is 3.36. The van der Waals surface area contributed by atoms with E-state index in [-0.39, 0.29) is 12.1 Å². The van der Waals surface area contributed by atoms with Crippen LogP contribution in [-0.2, 0) is 0 Å². The number of amides is 1. The smallest absolute Gasteiger partial charge is 0.265 e. The number of hydrogen-bond acceptors (Lipinski definition) is 2. The van der Waals surface area contributed by atoms with Gasteiger partial charge in [0.15, 0.2) is 0 Å². The van der Waals surface area contributed by atoms with E-state index >= 15 is 0 Å². The van der Waals surface area contributed by atoms with Crippen molar-refractivity contribution >= 4 is 5.91 Å². The van der Waals surface area contributed by atoms with Crippen molar-refractivity contribution in [2.24, 2.45) is 0 Å². The van der Waals surface area contributed by atoms with Crippen LogP contribution in [0.5, 0.6) is 0 Å². The molecule has 0 spiro atoms. The topological polar surface area (TPSA) is 49.3 Å². The van der Waals surface area contributed by atoms with Gasteiger partial charge in [0.1, 0.15) is 29.1 Å². The summed E-state index contributed by atoms with van der Waals surface area (Å²) < 4.78 is 62.5. The minimum absolute atomic E-state index is 0.279. The van der Waals surface area contributed by atoms with Crippen LogP contribution in [0.15, 0.2) is 12.1 Å². The molecule has 8 heteroatoms. The van der Waals surface area contributed by atoms with Crippen LogP contribution in [0, 0.1) is 17.5 Å². The van der Waals surface area contributed by atoms with E-state index in [9.17, 15) is 26.7 Å². The summed E-state index contributed by atoms with van der Waals surface area (Å²) in [5.74, 6) is -5.49. The molecule has 0 aliphatic rings. The third-order valence-corrected chi connectivity index (χ3v) is 2.00. The van der Waals surface area contributed by atoms with Gasteiger partial charge < -0.3 is 10.4 Å². The zero-order valence-electron chi connectivity index (χ0n) is 8.76. The minimum atomic E-state index is -3.10. The molecule has 0 bridgehead atoms. The van der Waals surface area contributed by atoms with Gasteiger partial charge in [-0.2, -0.15) is 0 Å². The van der Waals surface area contributed by atoms with Gasteiger partial charge in [-0.3, -0.25) is 4.79 Å². The second-order valence-corrected chi connectivity index (χ2v) is 3.36. The average Bonchev–Trinajstić information content (AvgIpc) is 2.24. The Hall–Kier alpha value is -1.70. The second kappa shape index (κ2) is 5.76. The van der Waals surface area contributed by atoms with E-state index in [1.807, 2.05) is 0 Å². The Kier molecular flexibility index (Phi) is 4.60. The molecular formula is C10H8F5NO2. The molecule has 100 valence electrons. The van der Waals surface area contributed by atoms with Gasteiger partial charge in [0, 0.05) is 18.7 Å². The molecule has 0 aliphatic carbocycles. The summed E-state index contributed by atoms with van der Waals surface area (Å²) in [7, 11) is 0. The predicted molar refractivity (Wildman–Crippen MR) is 50.7 cm³/mol. The molecule has 0 radical (unpaired) electrons. The molecule has 1 atom stereocenters. The zero-order chi connectivity index (χ0) is 13.9. The largest absolute Gasteiger partial charge is 0.385 e. The number of alkyl halides is 2. The SMILES string of the molecule is O=C(NCC(O)C(F)F)c1c(F)cc(F)cc1F. The molecular weight excluding hydrogens is 261 g/mol. The quantitative estimate of drug-likeness (QED) is 0.813. The van der Waals surface area contributed by atoms with Crippen molar-refractivity contribution in [3.63, 3.8) is 0 Å². The number of rotatable bonds is 4. The van der Waals surface area contributed by atoms with Gasteiger partial charge in [-0.25, -0.2) is 22.0 Å². The highest BCUT2D eigenvalue weighted by atomic mass is 19.3. The van der Waals surface area contributed by atoms with Crippen molar-refractivity contribution in [1.82, 2.24) is 5.32 Å². The first-order chi connectivity index (χ1) is 8.32. The van der Waals surface area contributed by atoms with Gasteiger partial charge in [-0.1, -0.05) is 0 Å². The van der Waals surface area contributed by atoms with Crippen molar-refractivity contribution in [3.05, 3.63) is 35.1 Å². The van der Waals surface area contributed by atoms with Gasteiger partial charge in [-0.05, 0) is 0 Å². The third kappa shape index (κ3) is 3.39. The molecule has 0 aromatic heterocycles. The maximum atomic E-state index is 13.1. The van der Waals surface area contributed by atoms with Gasteiger partial charge in [0.05, 0.1) is 0 Å². The highest BCUT2D eigenvalue weighted by Crippen LogP contribution is 2.14. The van der Waals surface area contributed by atoms with Crippen LogP contribution in [0.1, 0.15) is 10.4 Å². The van der Waals surface area contributed by atoms with E-state index in [1.165, 1.54) is 0 Å². The molecule has 0 aliphatic heterocycles. The Morgan fingerprint density at radius 3 is 2.17 bits per heavy atom. The standard InChI is InChI=1S/C10H8F5NO2/c11-4-1-5(12)8(6(13)2-4)10(18)16-3-7(17)9(14)15/h1-2,7,9,17H,3H2,(H,16,18). The van der Waals surface area contributed by atoms with E-state index in [4.69, 9.17) is 5.11 Å². The van der Waals surface area contributed by atoms with Crippen molar-refractivity contribution in [3.8, 4) is 0 Å². The first-order valence-corrected chi connectivity index (χ1v) is 4.72. The van der Waals surface area contributed by atoms with Crippen LogP contribution in [0.25, 0.3) is 0 Å². The molecule has 2 N–H and O–H groups in total. The van der Waals surface area contributed by atoms with Gasteiger partial charge >= 0.3 is 0 Å².